The van der Waals surface area contributed by atoms with E-state index >= 15 is 0 Å². The van der Waals surface area contributed by atoms with Gasteiger partial charge in [0.2, 0.25) is 17.7 Å². The number of hydrogen-bond acceptors (Lipinski definition) is 5. The zero-order valence-corrected chi connectivity index (χ0v) is 26.7. The summed E-state index contributed by atoms with van der Waals surface area (Å²) in [5.74, 6) is -1.86. The van der Waals surface area contributed by atoms with Gasteiger partial charge in [-0.15, -0.1) is 13.2 Å². The summed E-state index contributed by atoms with van der Waals surface area (Å²) in [6.07, 6.45) is 12.4. The lowest BCUT2D eigenvalue weighted by molar-refractivity contribution is -0.154. The van der Waals surface area contributed by atoms with Crippen LogP contribution in [0.3, 0.4) is 0 Å². The van der Waals surface area contributed by atoms with Crippen molar-refractivity contribution in [3.63, 3.8) is 0 Å². The third-order valence-corrected chi connectivity index (χ3v) is 10.9. The summed E-state index contributed by atoms with van der Waals surface area (Å²) in [5, 5.41) is 9.26. The summed E-state index contributed by atoms with van der Waals surface area (Å²) >= 11 is 0. The van der Waals surface area contributed by atoms with E-state index in [1.807, 2.05) is 42.2 Å². The lowest BCUT2D eigenvalue weighted by Crippen LogP contribution is -2.58. The van der Waals surface area contributed by atoms with Crippen LogP contribution in [0, 0.1) is 17.8 Å². The van der Waals surface area contributed by atoms with Crippen molar-refractivity contribution < 1.29 is 24.2 Å². The fourth-order valence-electron chi connectivity index (χ4n) is 8.72. The monoisotopic (exact) mass is 605 g/mol. The van der Waals surface area contributed by atoms with E-state index in [0.29, 0.717) is 32.5 Å². The van der Waals surface area contributed by atoms with Crippen LogP contribution in [0.1, 0.15) is 78.1 Å². The summed E-state index contributed by atoms with van der Waals surface area (Å²) in [7, 11) is 0. The molecule has 240 valence electrons. The van der Waals surface area contributed by atoms with Crippen LogP contribution in [-0.4, -0.2) is 82.2 Å². The zero-order chi connectivity index (χ0) is 31.5. The van der Waals surface area contributed by atoms with E-state index < -0.39 is 29.1 Å². The van der Waals surface area contributed by atoms with Crippen LogP contribution in [0.2, 0.25) is 0 Å². The van der Waals surface area contributed by atoms with Crippen LogP contribution in [0.15, 0.2) is 55.6 Å². The van der Waals surface area contributed by atoms with Crippen LogP contribution in [0.4, 0.5) is 5.69 Å². The lowest BCUT2D eigenvalue weighted by Gasteiger charge is -2.41. The Balaban J connectivity index is 1.55. The van der Waals surface area contributed by atoms with E-state index in [2.05, 4.69) is 20.1 Å². The van der Waals surface area contributed by atoms with E-state index in [9.17, 15) is 19.5 Å². The molecule has 1 N–H and O–H groups in total. The first kappa shape index (κ1) is 32.4. The Kier molecular flexibility index (Phi) is 10.0. The molecule has 8 heteroatoms. The molecule has 44 heavy (non-hydrogen) atoms. The average Bonchev–Trinajstić information content (AvgIpc) is 3.55. The van der Waals surface area contributed by atoms with E-state index in [-0.39, 0.29) is 36.3 Å². The highest BCUT2D eigenvalue weighted by atomic mass is 16.5. The van der Waals surface area contributed by atoms with Crippen molar-refractivity contribution in [2.45, 2.75) is 101 Å². The fourth-order valence-corrected chi connectivity index (χ4v) is 8.72. The van der Waals surface area contributed by atoms with Gasteiger partial charge in [-0.05, 0) is 57.1 Å². The van der Waals surface area contributed by atoms with Crippen molar-refractivity contribution in [1.82, 2.24) is 9.80 Å². The Morgan fingerprint density at radius 1 is 1.02 bits per heavy atom. The third-order valence-electron chi connectivity index (χ3n) is 10.9. The van der Waals surface area contributed by atoms with Crippen molar-refractivity contribution in [2.24, 2.45) is 17.8 Å². The molecule has 2 bridgehead atoms. The highest BCUT2D eigenvalue weighted by Gasteiger charge is 2.80. The van der Waals surface area contributed by atoms with Gasteiger partial charge in [-0.25, -0.2) is 0 Å². The molecule has 3 heterocycles. The first-order valence-corrected chi connectivity index (χ1v) is 16.7. The quantitative estimate of drug-likeness (QED) is 0.235. The van der Waals surface area contributed by atoms with Crippen molar-refractivity contribution in [1.29, 1.82) is 0 Å². The van der Waals surface area contributed by atoms with Gasteiger partial charge in [-0.3, -0.25) is 14.4 Å². The first-order chi connectivity index (χ1) is 21.2. The van der Waals surface area contributed by atoms with Gasteiger partial charge >= 0.3 is 0 Å². The van der Waals surface area contributed by atoms with Gasteiger partial charge in [0.1, 0.15) is 11.6 Å². The zero-order valence-electron chi connectivity index (χ0n) is 26.7. The van der Waals surface area contributed by atoms with Crippen molar-refractivity contribution >= 4 is 23.4 Å². The second-order valence-corrected chi connectivity index (χ2v) is 13.5. The second-order valence-electron chi connectivity index (χ2n) is 13.5. The number of hydrogen-bond donors (Lipinski definition) is 1. The highest BCUT2D eigenvalue weighted by molar-refractivity contribution is 6.03. The smallest absolute Gasteiger partial charge is 0.248 e. The summed E-state index contributed by atoms with van der Waals surface area (Å²) in [6, 6.07) is 8.83. The van der Waals surface area contributed by atoms with E-state index in [1.54, 1.807) is 22.0 Å². The predicted molar refractivity (Wildman–Crippen MR) is 172 cm³/mol. The second kappa shape index (κ2) is 13.6. The number of amides is 3. The molecule has 3 amide bonds. The maximum absolute atomic E-state index is 14.9. The van der Waals surface area contributed by atoms with Crippen LogP contribution >= 0.6 is 0 Å². The summed E-state index contributed by atoms with van der Waals surface area (Å²) < 4.78 is 7.03. The SMILES string of the molecule is C=CCN(C(=O)[C@@H]1[C@H]2C(=O)N(CCCCCCO)C(C(=O)N(CC=C)C3CCCCC3)C23CC(C)[C@@]1(C)O3)c1ccccc1. The molecule has 4 aliphatic rings. The molecule has 1 saturated carbocycles. The highest BCUT2D eigenvalue weighted by Crippen LogP contribution is 2.65. The largest absolute Gasteiger partial charge is 0.396 e. The van der Waals surface area contributed by atoms with E-state index in [0.717, 1.165) is 50.6 Å². The number of likely N-dealkylation sites (tertiary alicyclic amines) is 1. The normalized spacial score (nSPS) is 31.2. The van der Waals surface area contributed by atoms with Gasteiger partial charge in [0.05, 0.1) is 17.4 Å². The van der Waals surface area contributed by atoms with Gasteiger partial charge in [-0.1, -0.05) is 69.4 Å². The summed E-state index contributed by atoms with van der Waals surface area (Å²) in [4.78, 5) is 49.6. The van der Waals surface area contributed by atoms with Crippen LogP contribution in [-0.2, 0) is 19.1 Å². The Bertz CT molecular complexity index is 1220. The molecule has 0 radical (unpaired) electrons. The Labute approximate surface area is 263 Å². The fraction of sp³-hybridized carbons (Fsp3) is 0.639. The standard InChI is InChI=1S/C36H51N3O5/c1-5-21-37(27-17-11-9-12-18-27)32(41)29-30-33(42)39(23-15-7-8-16-24-40)31(36(30)25-26(3)35(29,4)44-36)34(43)38(22-6-2)28-19-13-10-14-20-28/h5-6,9,11-12,17-18,26,28-31,40H,1-2,7-8,10,13-16,19-25H2,3-4H3/t26?,29-,30-,31?,35+,36?/m0/s1. The molecular weight excluding hydrogens is 554 g/mol. The number of ether oxygens (including phenoxy) is 1. The molecule has 8 nitrogen and oxygen atoms in total. The topological polar surface area (TPSA) is 90.4 Å². The third kappa shape index (κ3) is 5.53. The number of aliphatic hydroxyl groups is 1. The molecule has 1 aromatic rings. The Morgan fingerprint density at radius 2 is 1.70 bits per heavy atom. The molecule has 1 aliphatic carbocycles. The number of rotatable bonds is 14. The van der Waals surface area contributed by atoms with Crippen molar-refractivity contribution in [3.05, 3.63) is 55.6 Å². The number of benzene rings is 1. The average molecular weight is 606 g/mol. The number of carbonyl (C=O) groups excluding carboxylic acids is 3. The molecule has 1 aromatic carbocycles. The minimum atomic E-state index is -1.07. The number of unbranched alkanes of at least 4 members (excludes halogenated alkanes) is 3. The first-order valence-electron chi connectivity index (χ1n) is 16.7. The molecular formula is C36H51N3O5. The van der Waals surface area contributed by atoms with Crippen LogP contribution in [0.25, 0.3) is 0 Å². The predicted octanol–water partition coefficient (Wildman–Crippen LogP) is 5.12. The molecule has 0 aromatic heterocycles. The minimum Gasteiger partial charge on any atom is -0.396 e. The van der Waals surface area contributed by atoms with E-state index in [4.69, 9.17) is 4.74 Å². The number of para-hydroxylation sites is 1. The van der Waals surface area contributed by atoms with Crippen LogP contribution < -0.4 is 4.90 Å². The molecule has 5 rings (SSSR count). The Hall–Kier alpha value is -2.97. The molecule has 3 unspecified atom stereocenters. The van der Waals surface area contributed by atoms with Gasteiger partial charge in [0, 0.05) is 38.0 Å². The van der Waals surface area contributed by atoms with Gasteiger partial charge in [0.25, 0.3) is 0 Å². The van der Waals surface area contributed by atoms with Gasteiger partial charge in [0.15, 0.2) is 0 Å². The maximum Gasteiger partial charge on any atom is 0.248 e. The van der Waals surface area contributed by atoms with Crippen molar-refractivity contribution in [3.8, 4) is 0 Å². The summed E-state index contributed by atoms with van der Waals surface area (Å²) in [5.41, 5.74) is -1.21. The molecule has 1 spiro atoms. The number of nitrogens with zero attached hydrogens (tertiary/aromatic N) is 3. The molecule has 3 saturated heterocycles. The van der Waals surface area contributed by atoms with Crippen LogP contribution in [0.5, 0.6) is 0 Å². The number of fused-ring (bicyclic) bond motifs is 1. The van der Waals surface area contributed by atoms with Crippen molar-refractivity contribution in [2.75, 3.05) is 31.1 Å². The lowest BCUT2D eigenvalue weighted by atomic mass is 9.62. The number of carbonyl (C=O) groups is 3. The van der Waals surface area contributed by atoms with E-state index in [1.165, 1.54) is 6.42 Å². The minimum absolute atomic E-state index is 0.0239. The Morgan fingerprint density at radius 3 is 2.36 bits per heavy atom. The van der Waals surface area contributed by atoms with Gasteiger partial charge in [-0.2, -0.15) is 0 Å². The number of anilines is 1. The molecule has 3 aliphatic heterocycles. The molecule has 4 fully saturated rings. The molecule has 6 atom stereocenters. The maximum atomic E-state index is 14.9. The van der Waals surface area contributed by atoms with Gasteiger partial charge < -0.3 is 24.5 Å². The number of aliphatic hydroxyl groups excluding tert-OH is 1. The summed E-state index contributed by atoms with van der Waals surface area (Å²) in [6.45, 7) is 13.2.